The van der Waals surface area contributed by atoms with Crippen LogP contribution < -0.4 is 5.32 Å². The van der Waals surface area contributed by atoms with Gasteiger partial charge in [0.1, 0.15) is 0 Å². The van der Waals surface area contributed by atoms with Gasteiger partial charge < -0.3 is 14.8 Å². The highest BCUT2D eigenvalue weighted by Gasteiger charge is 2.35. The van der Waals surface area contributed by atoms with Gasteiger partial charge in [-0.05, 0) is 68.7 Å². The molecule has 3 nitrogen and oxygen atoms in total. The van der Waals surface area contributed by atoms with Crippen molar-refractivity contribution in [3.05, 3.63) is 0 Å². The Morgan fingerprint density at radius 1 is 1.05 bits per heavy atom. The lowest BCUT2D eigenvalue weighted by Crippen LogP contribution is -2.36. The van der Waals surface area contributed by atoms with E-state index in [0.717, 1.165) is 31.1 Å². The standard InChI is InChI=1S/C18H35NO2/c1-18(2)9-8-16(14-19-17-6-7-17)15(13-18)5-4-10-21-12-11-20-3/h15-17,19H,4-14H2,1-3H3. The second-order valence-electron chi connectivity index (χ2n) is 7.86. The zero-order valence-corrected chi connectivity index (χ0v) is 14.3. The Morgan fingerprint density at radius 3 is 2.57 bits per heavy atom. The van der Waals surface area contributed by atoms with Crippen LogP contribution in [0.2, 0.25) is 0 Å². The lowest BCUT2D eigenvalue weighted by Gasteiger charge is -2.41. The molecule has 3 heteroatoms. The summed E-state index contributed by atoms with van der Waals surface area (Å²) in [6, 6.07) is 0.845. The minimum atomic E-state index is 0.539. The molecule has 2 fully saturated rings. The van der Waals surface area contributed by atoms with Crippen molar-refractivity contribution in [1.82, 2.24) is 5.32 Å². The Kier molecular flexibility index (Phi) is 6.97. The van der Waals surface area contributed by atoms with Gasteiger partial charge in [0.2, 0.25) is 0 Å². The third-order valence-electron chi connectivity index (χ3n) is 5.21. The van der Waals surface area contributed by atoms with Gasteiger partial charge in [0.15, 0.2) is 0 Å². The summed E-state index contributed by atoms with van der Waals surface area (Å²) in [4.78, 5) is 0. The first-order valence-electron chi connectivity index (χ1n) is 8.91. The molecular formula is C18H35NO2. The van der Waals surface area contributed by atoms with Crippen LogP contribution in [0.15, 0.2) is 0 Å². The van der Waals surface area contributed by atoms with E-state index in [1.165, 1.54) is 51.5 Å². The summed E-state index contributed by atoms with van der Waals surface area (Å²) in [6.45, 7) is 8.47. The lowest BCUT2D eigenvalue weighted by molar-refractivity contribution is 0.0581. The van der Waals surface area contributed by atoms with Crippen LogP contribution in [0.3, 0.4) is 0 Å². The molecular weight excluding hydrogens is 262 g/mol. The van der Waals surface area contributed by atoms with E-state index in [0.29, 0.717) is 12.0 Å². The lowest BCUT2D eigenvalue weighted by atomic mass is 9.66. The Bertz CT molecular complexity index is 287. The molecule has 0 bridgehead atoms. The maximum Gasteiger partial charge on any atom is 0.0700 e. The molecule has 2 atom stereocenters. The zero-order valence-electron chi connectivity index (χ0n) is 14.3. The van der Waals surface area contributed by atoms with Crippen LogP contribution in [0.5, 0.6) is 0 Å². The average Bonchev–Trinajstić information content (AvgIpc) is 3.25. The highest BCUT2D eigenvalue weighted by atomic mass is 16.5. The summed E-state index contributed by atoms with van der Waals surface area (Å²) in [6.07, 6.45) is 9.51. The monoisotopic (exact) mass is 297 g/mol. The smallest absolute Gasteiger partial charge is 0.0700 e. The molecule has 0 aromatic heterocycles. The molecule has 2 aliphatic carbocycles. The summed E-state index contributed by atoms with van der Waals surface area (Å²) in [5.74, 6) is 1.77. The Morgan fingerprint density at radius 2 is 1.86 bits per heavy atom. The van der Waals surface area contributed by atoms with Crippen molar-refractivity contribution in [2.24, 2.45) is 17.3 Å². The fraction of sp³-hybridized carbons (Fsp3) is 1.00. The van der Waals surface area contributed by atoms with Gasteiger partial charge in [0.05, 0.1) is 13.2 Å². The fourth-order valence-electron chi connectivity index (χ4n) is 3.69. The van der Waals surface area contributed by atoms with E-state index in [1.807, 2.05) is 0 Å². The van der Waals surface area contributed by atoms with E-state index in [9.17, 15) is 0 Å². The van der Waals surface area contributed by atoms with Crippen LogP contribution in [0.25, 0.3) is 0 Å². The quantitative estimate of drug-likeness (QED) is 0.625. The molecule has 0 heterocycles. The van der Waals surface area contributed by atoms with Crippen LogP contribution in [-0.4, -0.2) is 39.5 Å². The molecule has 0 aromatic carbocycles. The van der Waals surface area contributed by atoms with E-state index in [1.54, 1.807) is 7.11 Å². The molecule has 2 rings (SSSR count). The molecule has 21 heavy (non-hydrogen) atoms. The van der Waals surface area contributed by atoms with Crippen LogP contribution in [0.4, 0.5) is 0 Å². The van der Waals surface area contributed by atoms with Crippen LogP contribution >= 0.6 is 0 Å². The zero-order chi connectivity index (χ0) is 15.1. The third-order valence-corrected chi connectivity index (χ3v) is 5.21. The highest BCUT2D eigenvalue weighted by molar-refractivity contribution is 4.88. The summed E-state index contributed by atoms with van der Waals surface area (Å²) < 4.78 is 10.6. The number of hydrogen-bond donors (Lipinski definition) is 1. The van der Waals surface area contributed by atoms with Gasteiger partial charge in [-0.3, -0.25) is 0 Å². The molecule has 0 amide bonds. The Hall–Kier alpha value is -0.120. The van der Waals surface area contributed by atoms with Gasteiger partial charge >= 0.3 is 0 Å². The van der Waals surface area contributed by atoms with Crippen LogP contribution in [-0.2, 0) is 9.47 Å². The van der Waals surface area contributed by atoms with Crippen molar-refractivity contribution < 1.29 is 9.47 Å². The SMILES string of the molecule is COCCOCCCC1CC(C)(C)CCC1CNC1CC1. The van der Waals surface area contributed by atoms with E-state index >= 15 is 0 Å². The first-order chi connectivity index (χ1) is 10.1. The van der Waals surface area contributed by atoms with Gasteiger partial charge in [0.25, 0.3) is 0 Å². The number of rotatable bonds is 10. The molecule has 0 spiro atoms. The molecule has 2 aliphatic rings. The normalized spacial score (nSPS) is 28.7. The van der Waals surface area contributed by atoms with Crippen molar-refractivity contribution >= 4 is 0 Å². The molecule has 2 unspecified atom stereocenters. The Labute approximate surface area is 131 Å². The predicted octanol–water partition coefficient (Wildman–Crippen LogP) is 3.62. The minimum Gasteiger partial charge on any atom is -0.382 e. The van der Waals surface area contributed by atoms with E-state index < -0.39 is 0 Å². The topological polar surface area (TPSA) is 30.5 Å². The summed E-state index contributed by atoms with van der Waals surface area (Å²) >= 11 is 0. The molecule has 1 N–H and O–H groups in total. The highest BCUT2D eigenvalue weighted by Crippen LogP contribution is 2.43. The maximum atomic E-state index is 5.62. The van der Waals surface area contributed by atoms with Crippen molar-refractivity contribution in [2.45, 2.75) is 64.8 Å². The largest absolute Gasteiger partial charge is 0.382 e. The Balaban J connectivity index is 1.68. The summed E-state index contributed by atoms with van der Waals surface area (Å²) in [5.41, 5.74) is 0.539. The fourth-order valence-corrected chi connectivity index (χ4v) is 3.69. The van der Waals surface area contributed by atoms with Crippen molar-refractivity contribution in [3.8, 4) is 0 Å². The minimum absolute atomic E-state index is 0.539. The van der Waals surface area contributed by atoms with Crippen molar-refractivity contribution in [1.29, 1.82) is 0 Å². The molecule has 124 valence electrons. The average molecular weight is 297 g/mol. The van der Waals surface area contributed by atoms with Crippen LogP contribution in [0.1, 0.15) is 58.8 Å². The van der Waals surface area contributed by atoms with E-state index in [2.05, 4.69) is 19.2 Å². The molecule has 0 aromatic rings. The summed E-state index contributed by atoms with van der Waals surface area (Å²) in [7, 11) is 1.73. The van der Waals surface area contributed by atoms with Gasteiger partial charge in [0, 0.05) is 19.8 Å². The van der Waals surface area contributed by atoms with E-state index in [4.69, 9.17) is 9.47 Å². The van der Waals surface area contributed by atoms with Crippen molar-refractivity contribution in [3.63, 3.8) is 0 Å². The first kappa shape index (κ1) is 17.2. The van der Waals surface area contributed by atoms with Gasteiger partial charge in [-0.25, -0.2) is 0 Å². The maximum absolute atomic E-state index is 5.62. The van der Waals surface area contributed by atoms with Crippen LogP contribution in [0, 0.1) is 17.3 Å². The molecule has 2 saturated carbocycles. The number of nitrogens with one attached hydrogen (secondary N) is 1. The second kappa shape index (κ2) is 8.50. The third kappa shape index (κ3) is 6.66. The second-order valence-corrected chi connectivity index (χ2v) is 7.86. The van der Waals surface area contributed by atoms with Gasteiger partial charge in [-0.15, -0.1) is 0 Å². The molecule has 0 radical (unpaired) electrons. The number of hydrogen-bond acceptors (Lipinski definition) is 3. The first-order valence-corrected chi connectivity index (χ1v) is 8.91. The van der Waals surface area contributed by atoms with Gasteiger partial charge in [-0.2, -0.15) is 0 Å². The predicted molar refractivity (Wildman–Crippen MR) is 87.6 cm³/mol. The van der Waals surface area contributed by atoms with E-state index in [-0.39, 0.29) is 0 Å². The van der Waals surface area contributed by atoms with Crippen molar-refractivity contribution in [2.75, 3.05) is 33.5 Å². The molecule has 0 saturated heterocycles. The number of methoxy groups -OCH3 is 1. The number of ether oxygens (including phenoxy) is 2. The summed E-state index contributed by atoms with van der Waals surface area (Å²) in [5, 5.41) is 3.75. The molecule has 0 aliphatic heterocycles. The van der Waals surface area contributed by atoms with Gasteiger partial charge in [-0.1, -0.05) is 13.8 Å².